The lowest BCUT2D eigenvalue weighted by Crippen LogP contribution is -2.50. The highest BCUT2D eigenvalue weighted by molar-refractivity contribution is 7.90. The number of aliphatic hydroxyl groups excluding tert-OH is 1. The van der Waals surface area contributed by atoms with Crippen LogP contribution < -0.4 is 5.32 Å². The summed E-state index contributed by atoms with van der Waals surface area (Å²) in [5.41, 5.74) is 5.04. The molecule has 4 aromatic rings. The number of carbonyl (C=O) groups is 2. The lowest BCUT2D eigenvalue weighted by atomic mass is 9.47. The average molecular weight is 791 g/mol. The third-order valence-corrected chi connectivity index (χ3v) is 16.9. The number of hydrogen-bond acceptors (Lipinski definition) is 5. The molecule has 0 saturated heterocycles. The second-order valence-corrected chi connectivity index (χ2v) is 20.1. The van der Waals surface area contributed by atoms with E-state index in [4.69, 9.17) is 0 Å². The second kappa shape index (κ2) is 15.5. The van der Waals surface area contributed by atoms with E-state index in [1.807, 2.05) is 42.5 Å². The van der Waals surface area contributed by atoms with Gasteiger partial charge in [-0.15, -0.1) is 0 Å². The van der Waals surface area contributed by atoms with E-state index in [0.29, 0.717) is 52.5 Å². The molecule has 4 aliphatic carbocycles. The van der Waals surface area contributed by atoms with Crippen molar-refractivity contribution in [3.63, 3.8) is 0 Å². The fourth-order valence-electron chi connectivity index (χ4n) is 12.3. The molecule has 0 spiro atoms. The Bertz CT molecular complexity index is 2260. The van der Waals surface area contributed by atoms with Crippen LogP contribution in [0, 0.1) is 40.4 Å². The number of allylic oxidation sites excluding steroid dienone is 1. The highest BCUT2D eigenvalue weighted by Gasteiger charge is 2.59. The van der Waals surface area contributed by atoms with Crippen molar-refractivity contribution in [2.75, 3.05) is 0 Å². The molecular weight excluding hydrogens is 733 g/mol. The molecule has 1 heterocycles. The predicted octanol–water partition coefficient (Wildman–Crippen LogP) is 9.40. The van der Waals surface area contributed by atoms with E-state index < -0.39 is 22.0 Å². The van der Waals surface area contributed by atoms with Gasteiger partial charge in [-0.3, -0.25) is 9.59 Å². The summed E-state index contributed by atoms with van der Waals surface area (Å²) in [5, 5.41) is 24.0. The molecule has 8 nitrogen and oxygen atoms in total. The Morgan fingerprint density at radius 3 is 2.37 bits per heavy atom. The minimum atomic E-state index is -3.98. The van der Waals surface area contributed by atoms with Gasteiger partial charge in [-0.2, -0.15) is 0 Å². The minimum absolute atomic E-state index is 0.151. The largest absolute Gasteiger partial charge is 0.481 e. The molecule has 1 amide bonds. The van der Waals surface area contributed by atoms with Crippen LogP contribution in [0.15, 0.2) is 102 Å². The maximum absolute atomic E-state index is 14.1. The minimum Gasteiger partial charge on any atom is -0.481 e. The summed E-state index contributed by atoms with van der Waals surface area (Å²) in [6.07, 6.45) is 13.7. The van der Waals surface area contributed by atoms with Crippen LogP contribution in [0.3, 0.4) is 0 Å². The molecule has 3 aromatic carbocycles. The number of aliphatic carboxylic acids is 1. The third-order valence-electron chi connectivity index (χ3n) is 15.2. The molecule has 302 valence electrons. The molecule has 0 aliphatic heterocycles. The molecule has 0 bridgehead atoms. The van der Waals surface area contributed by atoms with Gasteiger partial charge in [-0.05, 0) is 140 Å². The number of benzene rings is 3. The van der Waals surface area contributed by atoms with E-state index in [1.54, 1.807) is 42.6 Å². The molecule has 3 N–H and O–H groups in total. The molecule has 3 fully saturated rings. The first-order chi connectivity index (χ1) is 27.3. The Balaban J connectivity index is 0.935. The van der Waals surface area contributed by atoms with Crippen LogP contribution in [-0.4, -0.2) is 46.6 Å². The zero-order valence-electron chi connectivity index (χ0n) is 33.6. The summed E-state index contributed by atoms with van der Waals surface area (Å²) < 4.78 is 29.4. The van der Waals surface area contributed by atoms with E-state index in [0.717, 1.165) is 43.2 Å². The summed E-state index contributed by atoms with van der Waals surface area (Å²) in [6, 6.07) is 23.1. The Morgan fingerprint density at radius 1 is 0.895 bits per heavy atom. The molecule has 9 heteroatoms. The number of hydrogen-bond donors (Lipinski definition) is 3. The number of nitrogens with one attached hydrogen (secondary N) is 1. The van der Waals surface area contributed by atoms with Crippen LogP contribution in [0.1, 0.15) is 97.0 Å². The van der Waals surface area contributed by atoms with Crippen molar-refractivity contribution in [1.29, 1.82) is 0 Å². The first kappa shape index (κ1) is 39.6. The zero-order chi connectivity index (χ0) is 40.1. The number of carbonyl (C=O) groups excluding carboxylic acids is 1. The quantitative estimate of drug-likeness (QED) is 0.123. The number of amides is 1. The van der Waals surface area contributed by atoms with Gasteiger partial charge in [0.25, 0.3) is 10.0 Å². The highest BCUT2D eigenvalue weighted by Crippen LogP contribution is 2.67. The Morgan fingerprint density at radius 2 is 1.61 bits per heavy atom. The van der Waals surface area contributed by atoms with Crippen LogP contribution >= 0.6 is 0 Å². The van der Waals surface area contributed by atoms with Crippen LogP contribution in [0.2, 0.25) is 0 Å². The smallest absolute Gasteiger partial charge is 0.305 e. The number of aliphatic hydroxyl groups is 1. The van der Waals surface area contributed by atoms with Gasteiger partial charge in [-0.1, -0.05) is 93.1 Å². The molecule has 0 unspecified atom stereocenters. The van der Waals surface area contributed by atoms with Crippen LogP contribution in [0.4, 0.5) is 0 Å². The van der Waals surface area contributed by atoms with Crippen molar-refractivity contribution in [2.45, 2.75) is 115 Å². The molecule has 3 saturated carbocycles. The maximum Gasteiger partial charge on any atom is 0.305 e. The van der Waals surface area contributed by atoms with Gasteiger partial charge in [0, 0.05) is 24.0 Å². The van der Waals surface area contributed by atoms with E-state index >= 15 is 0 Å². The molecule has 57 heavy (non-hydrogen) atoms. The van der Waals surface area contributed by atoms with Gasteiger partial charge in [-0.25, -0.2) is 12.4 Å². The van der Waals surface area contributed by atoms with Crippen LogP contribution in [0.25, 0.3) is 22.0 Å². The van der Waals surface area contributed by atoms with Crippen LogP contribution in [-0.2, 0) is 26.0 Å². The summed E-state index contributed by atoms with van der Waals surface area (Å²) in [4.78, 5) is 25.8. The Labute approximate surface area is 337 Å². The van der Waals surface area contributed by atoms with Gasteiger partial charge in [0.1, 0.15) is 0 Å². The SMILES string of the molecule is C[C@H](CCC(=O)N[C@H](CC(=O)O)Cc1cn(S(=O)(=O)c2ccc(-c3ccccc3)cc2)c2ccccc12)[C@H]1CC[C@H]2[C@@H]3CC=C4C[C@@H](O)CC[C@]4(C)[C@H]3CC[C@]12C. The summed E-state index contributed by atoms with van der Waals surface area (Å²) in [5.74, 6) is 1.77. The van der Waals surface area contributed by atoms with Gasteiger partial charge < -0.3 is 15.5 Å². The fraction of sp³-hybridized carbons (Fsp3) is 0.500. The second-order valence-electron chi connectivity index (χ2n) is 18.3. The van der Waals surface area contributed by atoms with Crippen LogP contribution in [0.5, 0.6) is 0 Å². The first-order valence-electron chi connectivity index (χ1n) is 21.2. The lowest BCUT2D eigenvalue weighted by Gasteiger charge is -2.58. The normalized spacial score (nSPS) is 29.4. The lowest BCUT2D eigenvalue weighted by molar-refractivity contribution is -0.137. The number of para-hydroxylation sites is 1. The number of rotatable bonds is 12. The van der Waals surface area contributed by atoms with Gasteiger partial charge >= 0.3 is 5.97 Å². The molecule has 9 atom stereocenters. The topological polar surface area (TPSA) is 126 Å². The number of carboxylic acid groups (broad SMARTS) is 1. The predicted molar refractivity (Wildman–Crippen MR) is 224 cm³/mol. The standard InChI is InChI=1S/C48H58N2O6S/c1-31(41-20-21-42-40-19-16-35-28-37(51)23-25-47(35,2)43(40)24-26-48(41,42)3)13-22-45(52)49-36(29-46(53)54)27-34-30-50(44-12-8-7-11-39(34)44)57(55,56)38-17-14-33(15-18-38)32-9-5-4-6-10-32/h4-12,14-18,30-31,36-37,40-43,51H,13,19-29H2,1-3H3,(H,49,52)(H,53,54)/t31-,36+,37+,40+,41-,42+,43+,47+,48-/m1/s1. The van der Waals surface area contributed by atoms with E-state index in [2.05, 4.69) is 32.2 Å². The van der Waals surface area contributed by atoms with E-state index in [9.17, 15) is 28.2 Å². The Kier molecular flexibility index (Phi) is 10.8. The van der Waals surface area contributed by atoms with Gasteiger partial charge in [0.05, 0.1) is 22.9 Å². The maximum atomic E-state index is 14.1. The molecule has 1 aromatic heterocycles. The molecule has 8 rings (SSSR count). The summed E-state index contributed by atoms with van der Waals surface area (Å²) in [7, 11) is -3.98. The van der Waals surface area contributed by atoms with Gasteiger partial charge in [0.2, 0.25) is 5.91 Å². The van der Waals surface area contributed by atoms with Crippen molar-refractivity contribution < 1.29 is 28.2 Å². The summed E-state index contributed by atoms with van der Waals surface area (Å²) >= 11 is 0. The van der Waals surface area contributed by atoms with Crippen molar-refractivity contribution >= 4 is 32.8 Å². The summed E-state index contributed by atoms with van der Waals surface area (Å²) in [6.45, 7) is 7.30. The molecule has 0 radical (unpaired) electrons. The van der Waals surface area contributed by atoms with Crippen molar-refractivity contribution in [1.82, 2.24) is 9.29 Å². The van der Waals surface area contributed by atoms with Crippen molar-refractivity contribution in [2.24, 2.45) is 40.4 Å². The van der Waals surface area contributed by atoms with Gasteiger partial charge in [0.15, 0.2) is 0 Å². The Hall–Kier alpha value is -4.21. The highest BCUT2D eigenvalue weighted by atomic mass is 32.2. The van der Waals surface area contributed by atoms with E-state index in [1.165, 1.54) is 35.2 Å². The van der Waals surface area contributed by atoms with Crippen molar-refractivity contribution in [3.8, 4) is 11.1 Å². The van der Waals surface area contributed by atoms with Crippen molar-refractivity contribution in [3.05, 3.63) is 102 Å². The third kappa shape index (κ3) is 7.39. The molecular formula is C48H58N2O6S. The monoisotopic (exact) mass is 790 g/mol. The zero-order valence-corrected chi connectivity index (χ0v) is 34.4. The number of fused-ring (bicyclic) bond motifs is 6. The van der Waals surface area contributed by atoms with E-state index in [-0.39, 0.29) is 40.6 Å². The molecule has 4 aliphatic rings. The number of carboxylic acids is 1. The first-order valence-corrected chi connectivity index (χ1v) is 22.6. The fourth-order valence-corrected chi connectivity index (χ4v) is 13.7. The number of nitrogens with zero attached hydrogens (tertiary/aromatic N) is 1. The number of aromatic nitrogens is 1. The average Bonchev–Trinajstić information content (AvgIpc) is 3.75.